The van der Waals surface area contributed by atoms with Crippen LogP contribution in [-0.2, 0) is 0 Å². The molecule has 0 aliphatic carbocycles. The van der Waals surface area contributed by atoms with Crippen molar-refractivity contribution in [1.82, 2.24) is 4.98 Å². The molecule has 0 unspecified atom stereocenters. The van der Waals surface area contributed by atoms with Crippen LogP contribution in [0.2, 0.25) is 10.0 Å². The Balaban J connectivity index is 2.38. The van der Waals surface area contributed by atoms with Crippen molar-refractivity contribution >= 4 is 40.1 Å². The first kappa shape index (κ1) is 13.9. The molecule has 3 rings (SSSR count). The van der Waals surface area contributed by atoms with Crippen molar-refractivity contribution in [1.29, 1.82) is 0 Å². The monoisotopic (exact) mass is 317 g/mol. The fraction of sp³-hybridized carbons (Fsp3) is 0. The Hall–Kier alpha value is -2.10. The summed E-state index contributed by atoms with van der Waals surface area (Å²) in [7, 11) is 0. The van der Waals surface area contributed by atoms with Gasteiger partial charge in [-0.05, 0) is 18.2 Å². The van der Waals surface area contributed by atoms with Crippen LogP contribution in [0.25, 0.3) is 22.2 Å². The lowest BCUT2D eigenvalue weighted by Gasteiger charge is -2.09. The number of aromatic carboxylic acids is 1. The number of halogens is 2. The third kappa shape index (κ3) is 2.46. The van der Waals surface area contributed by atoms with E-state index in [2.05, 4.69) is 4.98 Å². The largest absolute Gasteiger partial charge is 0.478 e. The molecule has 5 heteroatoms. The van der Waals surface area contributed by atoms with Crippen LogP contribution in [0.3, 0.4) is 0 Å². The molecule has 21 heavy (non-hydrogen) atoms. The van der Waals surface area contributed by atoms with Crippen LogP contribution in [0.4, 0.5) is 0 Å². The molecule has 0 aliphatic rings. The van der Waals surface area contributed by atoms with Crippen LogP contribution in [-0.4, -0.2) is 16.1 Å². The van der Waals surface area contributed by atoms with Gasteiger partial charge in [-0.25, -0.2) is 9.78 Å². The van der Waals surface area contributed by atoms with Gasteiger partial charge in [0.1, 0.15) is 0 Å². The average molecular weight is 318 g/mol. The smallest absolute Gasteiger partial charge is 0.336 e. The van der Waals surface area contributed by atoms with Crippen molar-refractivity contribution in [2.24, 2.45) is 0 Å². The maximum absolute atomic E-state index is 11.5. The summed E-state index contributed by atoms with van der Waals surface area (Å²) in [5, 5.41) is 10.8. The average Bonchev–Trinajstić information content (AvgIpc) is 2.47. The van der Waals surface area contributed by atoms with E-state index in [0.29, 0.717) is 32.2 Å². The summed E-state index contributed by atoms with van der Waals surface area (Å²) in [5.41, 5.74) is 1.76. The van der Waals surface area contributed by atoms with Crippen molar-refractivity contribution in [3.8, 4) is 11.3 Å². The Morgan fingerprint density at radius 1 is 1.00 bits per heavy atom. The van der Waals surface area contributed by atoms with Crippen molar-refractivity contribution in [2.45, 2.75) is 0 Å². The number of rotatable bonds is 2. The lowest BCUT2D eigenvalue weighted by Crippen LogP contribution is -2.00. The SMILES string of the molecule is O=C(O)c1cc(-c2ccccc2Cl)nc2c(Cl)cccc12. The van der Waals surface area contributed by atoms with Crippen LogP contribution in [0, 0.1) is 0 Å². The minimum Gasteiger partial charge on any atom is -0.478 e. The van der Waals surface area contributed by atoms with E-state index in [4.69, 9.17) is 23.2 Å². The first-order valence-electron chi connectivity index (χ1n) is 6.15. The fourth-order valence-electron chi connectivity index (χ4n) is 2.20. The minimum absolute atomic E-state index is 0.150. The third-order valence-electron chi connectivity index (χ3n) is 3.17. The molecule has 0 radical (unpaired) electrons. The molecule has 2 aromatic carbocycles. The van der Waals surface area contributed by atoms with Crippen molar-refractivity contribution in [2.75, 3.05) is 0 Å². The number of fused-ring (bicyclic) bond motifs is 1. The molecule has 1 N–H and O–H groups in total. The van der Waals surface area contributed by atoms with Crippen LogP contribution < -0.4 is 0 Å². The van der Waals surface area contributed by atoms with Crippen LogP contribution in [0.5, 0.6) is 0 Å². The number of nitrogens with zero attached hydrogens (tertiary/aromatic N) is 1. The number of hydrogen-bond donors (Lipinski definition) is 1. The van der Waals surface area contributed by atoms with Gasteiger partial charge in [-0.2, -0.15) is 0 Å². The number of benzene rings is 2. The van der Waals surface area contributed by atoms with E-state index in [1.165, 1.54) is 6.07 Å². The molecule has 0 spiro atoms. The predicted molar refractivity (Wildman–Crippen MR) is 84.2 cm³/mol. The Morgan fingerprint density at radius 2 is 1.71 bits per heavy atom. The maximum Gasteiger partial charge on any atom is 0.336 e. The Kier molecular flexibility index (Phi) is 3.53. The second-order valence-corrected chi connectivity index (χ2v) is 5.29. The van der Waals surface area contributed by atoms with Crippen LogP contribution >= 0.6 is 23.2 Å². The van der Waals surface area contributed by atoms with Gasteiger partial charge in [0.2, 0.25) is 0 Å². The summed E-state index contributed by atoms with van der Waals surface area (Å²) in [6.45, 7) is 0. The zero-order valence-electron chi connectivity index (χ0n) is 10.7. The number of para-hydroxylation sites is 1. The number of carboxylic acid groups (broad SMARTS) is 1. The molecule has 1 aromatic heterocycles. The Labute approximate surface area is 130 Å². The summed E-state index contributed by atoms with van der Waals surface area (Å²) in [4.78, 5) is 16.0. The molecule has 3 aromatic rings. The minimum atomic E-state index is -1.03. The van der Waals surface area contributed by atoms with E-state index in [9.17, 15) is 9.90 Å². The topological polar surface area (TPSA) is 50.2 Å². The molecule has 0 fully saturated rings. The highest BCUT2D eigenvalue weighted by Gasteiger charge is 2.15. The Morgan fingerprint density at radius 3 is 2.43 bits per heavy atom. The van der Waals surface area contributed by atoms with E-state index in [-0.39, 0.29) is 5.56 Å². The number of carbonyl (C=O) groups is 1. The van der Waals surface area contributed by atoms with Gasteiger partial charge in [-0.15, -0.1) is 0 Å². The summed E-state index contributed by atoms with van der Waals surface area (Å²) in [5.74, 6) is -1.03. The van der Waals surface area contributed by atoms with Gasteiger partial charge < -0.3 is 5.11 Å². The molecule has 3 nitrogen and oxygen atoms in total. The van der Waals surface area contributed by atoms with Crippen molar-refractivity contribution in [3.05, 3.63) is 64.1 Å². The van der Waals surface area contributed by atoms with Gasteiger partial charge >= 0.3 is 5.97 Å². The maximum atomic E-state index is 11.5. The molecular weight excluding hydrogens is 309 g/mol. The fourth-order valence-corrected chi connectivity index (χ4v) is 2.65. The number of hydrogen-bond acceptors (Lipinski definition) is 2. The lowest BCUT2D eigenvalue weighted by atomic mass is 10.0. The first-order chi connectivity index (χ1) is 10.1. The number of pyridine rings is 1. The van der Waals surface area contributed by atoms with Crippen LogP contribution in [0.1, 0.15) is 10.4 Å². The Bertz CT molecular complexity index is 862. The highest BCUT2D eigenvalue weighted by Crippen LogP contribution is 2.32. The molecule has 0 bridgehead atoms. The van der Waals surface area contributed by atoms with E-state index >= 15 is 0 Å². The number of aromatic nitrogens is 1. The molecule has 0 atom stereocenters. The second-order valence-electron chi connectivity index (χ2n) is 4.48. The zero-order valence-corrected chi connectivity index (χ0v) is 12.2. The summed E-state index contributed by atoms with van der Waals surface area (Å²) in [6, 6.07) is 13.7. The van der Waals surface area contributed by atoms with E-state index in [1.807, 2.05) is 6.07 Å². The third-order valence-corrected chi connectivity index (χ3v) is 3.81. The predicted octanol–water partition coefficient (Wildman–Crippen LogP) is 4.91. The summed E-state index contributed by atoms with van der Waals surface area (Å²) >= 11 is 12.3. The number of carboxylic acids is 1. The molecule has 0 saturated carbocycles. The summed E-state index contributed by atoms with van der Waals surface area (Å²) in [6.07, 6.45) is 0. The van der Waals surface area contributed by atoms with Crippen LogP contribution in [0.15, 0.2) is 48.5 Å². The lowest BCUT2D eigenvalue weighted by molar-refractivity contribution is 0.0699. The molecular formula is C16H9Cl2NO2. The highest BCUT2D eigenvalue weighted by molar-refractivity contribution is 6.35. The highest BCUT2D eigenvalue weighted by atomic mass is 35.5. The second kappa shape index (κ2) is 5.35. The molecule has 0 saturated heterocycles. The molecule has 0 aliphatic heterocycles. The molecule has 0 amide bonds. The quantitative estimate of drug-likeness (QED) is 0.730. The van der Waals surface area contributed by atoms with Gasteiger partial charge in [0.25, 0.3) is 0 Å². The van der Waals surface area contributed by atoms with E-state index in [1.54, 1.807) is 36.4 Å². The van der Waals surface area contributed by atoms with E-state index in [0.717, 1.165) is 0 Å². The normalized spacial score (nSPS) is 10.8. The van der Waals surface area contributed by atoms with Crippen molar-refractivity contribution in [3.63, 3.8) is 0 Å². The van der Waals surface area contributed by atoms with Gasteiger partial charge in [0, 0.05) is 16.0 Å². The van der Waals surface area contributed by atoms with Gasteiger partial charge in [0.15, 0.2) is 0 Å². The van der Waals surface area contributed by atoms with Gasteiger partial charge in [-0.3, -0.25) is 0 Å². The first-order valence-corrected chi connectivity index (χ1v) is 6.91. The van der Waals surface area contributed by atoms with Gasteiger partial charge in [-0.1, -0.05) is 53.5 Å². The van der Waals surface area contributed by atoms with E-state index < -0.39 is 5.97 Å². The molecule has 104 valence electrons. The summed E-state index contributed by atoms with van der Waals surface area (Å²) < 4.78 is 0. The standard InChI is InChI=1S/C16H9Cl2NO2/c17-12-6-2-1-4-10(12)14-8-11(16(20)21)9-5-3-7-13(18)15(9)19-14/h1-8H,(H,20,21). The van der Waals surface area contributed by atoms with Gasteiger partial charge in [0.05, 0.1) is 21.8 Å². The molecule has 1 heterocycles. The van der Waals surface area contributed by atoms with Crippen molar-refractivity contribution < 1.29 is 9.90 Å². The zero-order chi connectivity index (χ0) is 15.0.